The van der Waals surface area contributed by atoms with E-state index in [1.165, 1.54) is 17.1 Å². The van der Waals surface area contributed by atoms with E-state index in [2.05, 4.69) is 9.82 Å². The van der Waals surface area contributed by atoms with Crippen LogP contribution < -0.4 is 4.72 Å². The molecule has 0 fully saturated rings. The Hall–Kier alpha value is -1.64. The Morgan fingerprint density at radius 1 is 1.50 bits per heavy atom. The first-order valence-corrected chi connectivity index (χ1v) is 7.65. The highest BCUT2D eigenvalue weighted by Gasteiger charge is 2.14. The number of ether oxygens (including phenoxy) is 1. The number of rotatable bonds is 8. The first-order chi connectivity index (χ1) is 9.58. The first-order valence-electron chi connectivity index (χ1n) is 6.16. The van der Waals surface area contributed by atoms with Gasteiger partial charge in [0.05, 0.1) is 12.5 Å². The summed E-state index contributed by atoms with van der Waals surface area (Å²) < 4.78 is 38.1. The SMILES string of the molecule is Cn1cc(S(=O)(=O)NCCCOCc2ccco2)cn1. The highest BCUT2D eigenvalue weighted by Crippen LogP contribution is 2.06. The van der Waals surface area contributed by atoms with Crippen LogP contribution in [0.15, 0.2) is 40.1 Å². The zero-order valence-corrected chi connectivity index (χ0v) is 12.0. The number of hydrogen-bond donors (Lipinski definition) is 1. The molecule has 1 N–H and O–H groups in total. The molecule has 7 nitrogen and oxygen atoms in total. The van der Waals surface area contributed by atoms with Crippen molar-refractivity contribution in [3.63, 3.8) is 0 Å². The Bertz CT molecular complexity index is 619. The Labute approximate surface area is 117 Å². The molecule has 2 aromatic rings. The predicted molar refractivity (Wildman–Crippen MR) is 71.4 cm³/mol. The van der Waals surface area contributed by atoms with E-state index in [0.29, 0.717) is 26.2 Å². The third-order valence-electron chi connectivity index (χ3n) is 2.57. The first kappa shape index (κ1) is 14.8. The quantitative estimate of drug-likeness (QED) is 0.732. The number of furan rings is 1. The van der Waals surface area contributed by atoms with Gasteiger partial charge in [-0.25, -0.2) is 13.1 Å². The van der Waals surface area contributed by atoms with Crippen molar-refractivity contribution in [3.8, 4) is 0 Å². The molecule has 0 saturated heterocycles. The van der Waals surface area contributed by atoms with Gasteiger partial charge in [0, 0.05) is 26.4 Å². The Morgan fingerprint density at radius 3 is 3.00 bits per heavy atom. The summed E-state index contributed by atoms with van der Waals surface area (Å²) in [7, 11) is -1.81. The van der Waals surface area contributed by atoms with Gasteiger partial charge in [0.15, 0.2) is 0 Å². The fraction of sp³-hybridized carbons (Fsp3) is 0.417. The summed E-state index contributed by atoms with van der Waals surface area (Å²) in [6.45, 7) is 1.16. The minimum atomic E-state index is -3.48. The average molecular weight is 299 g/mol. The van der Waals surface area contributed by atoms with Crippen LogP contribution in [0, 0.1) is 0 Å². The maximum atomic E-state index is 11.8. The minimum Gasteiger partial charge on any atom is -0.467 e. The Balaban J connectivity index is 1.65. The van der Waals surface area contributed by atoms with E-state index in [1.54, 1.807) is 19.4 Å². The van der Waals surface area contributed by atoms with E-state index in [1.807, 2.05) is 6.07 Å². The van der Waals surface area contributed by atoms with Crippen LogP contribution in [-0.4, -0.2) is 31.3 Å². The molecule has 8 heteroatoms. The van der Waals surface area contributed by atoms with Crippen molar-refractivity contribution < 1.29 is 17.6 Å². The molecule has 0 aromatic carbocycles. The third kappa shape index (κ3) is 4.19. The highest BCUT2D eigenvalue weighted by molar-refractivity contribution is 7.89. The van der Waals surface area contributed by atoms with Crippen LogP contribution >= 0.6 is 0 Å². The molecule has 0 unspecified atom stereocenters. The van der Waals surface area contributed by atoms with Crippen LogP contribution in [0.4, 0.5) is 0 Å². The van der Waals surface area contributed by atoms with Crippen LogP contribution in [-0.2, 0) is 28.4 Å². The van der Waals surface area contributed by atoms with Gasteiger partial charge >= 0.3 is 0 Å². The molecule has 0 aliphatic rings. The van der Waals surface area contributed by atoms with Gasteiger partial charge in [-0.05, 0) is 18.6 Å². The second kappa shape index (κ2) is 6.69. The normalized spacial score (nSPS) is 11.8. The van der Waals surface area contributed by atoms with Crippen molar-refractivity contribution >= 4 is 10.0 Å². The van der Waals surface area contributed by atoms with Crippen molar-refractivity contribution in [1.29, 1.82) is 0 Å². The van der Waals surface area contributed by atoms with Crippen molar-refractivity contribution in [2.45, 2.75) is 17.9 Å². The topological polar surface area (TPSA) is 86.4 Å². The zero-order valence-electron chi connectivity index (χ0n) is 11.2. The van der Waals surface area contributed by atoms with Crippen LogP contribution in [0.1, 0.15) is 12.2 Å². The van der Waals surface area contributed by atoms with Crippen molar-refractivity contribution in [2.24, 2.45) is 7.05 Å². The molecule has 0 aliphatic heterocycles. The van der Waals surface area contributed by atoms with Crippen LogP contribution in [0.5, 0.6) is 0 Å². The van der Waals surface area contributed by atoms with E-state index in [4.69, 9.17) is 9.15 Å². The number of nitrogens with one attached hydrogen (secondary N) is 1. The average Bonchev–Trinajstić information content (AvgIpc) is 3.05. The third-order valence-corrected chi connectivity index (χ3v) is 3.99. The molecule has 0 amide bonds. The lowest BCUT2D eigenvalue weighted by molar-refractivity contribution is 0.105. The van der Waals surface area contributed by atoms with Crippen molar-refractivity contribution in [2.75, 3.05) is 13.2 Å². The molecule has 0 aliphatic carbocycles. The van der Waals surface area contributed by atoms with E-state index >= 15 is 0 Å². The van der Waals surface area contributed by atoms with Gasteiger partial charge in [-0.2, -0.15) is 5.10 Å². The zero-order chi connectivity index (χ0) is 14.4. The summed E-state index contributed by atoms with van der Waals surface area (Å²) in [5.74, 6) is 0.751. The number of aryl methyl sites for hydroxylation is 1. The van der Waals surface area contributed by atoms with Gasteiger partial charge in [0.25, 0.3) is 0 Å². The summed E-state index contributed by atoms with van der Waals surface area (Å²) in [6.07, 6.45) is 4.94. The van der Waals surface area contributed by atoms with E-state index in [9.17, 15) is 8.42 Å². The lowest BCUT2D eigenvalue weighted by Crippen LogP contribution is -2.25. The Morgan fingerprint density at radius 2 is 2.35 bits per heavy atom. The van der Waals surface area contributed by atoms with Crippen LogP contribution in [0.25, 0.3) is 0 Å². The summed E-state index contributed by atoms with van der Waals surface area (Å²) in [5.41, 5.74) is 0. The standard InChI is InChI=1S/C12H17N3O4S/c1-15-9-12(8-13-15)20(16,17)14-5-3-6-18-10-11-4-2-7-19-11/h2,4,7-9,14H,3,5-6,10H2,1H3. The van der Waals surface area contributed by atoms with Gasteiger partial charge in [-0.3, -0.25) is 4.68 Å². The number of sulfonamides is 1. The molecule has 2 heterocycles. The van der Waals surface area contributed by atoms with Gasteiger partial charge < -0.3 is 9.15 Å². The van der Waals surface area contributed by atoms with Crippen molar-refractivity contribution in [3.05, 3.63) is 36.5 Å². The van der Waals surface area contributed by atoms with Gasteiger partial charge in [0.1, 0.15) is 17.3 Å². The number of hydrogen-bond acceptors (Lipinski definition) is 5. The molecule has 20 heavy (non-hydrogen) atoms. The molecule has 2 rings (SSSR count). The molecular formula is C12H17N3O4S. The van der Waals surface area contributed by atoms with Crippen LogP contribution in [0.2, 0.25) is 0 Å². The van der Waals surface area contributed by atoms with E-state index < -0.39 is 10.0 Å². The maximum absolute atomic E-state index is 11.8. The second-order valence-corrected chi connectivity index (χ2v) is 6.00. The molecule has 0 spiro atoms. The monoisotopic (exact) mass is 299 g/mol. The number of aromatic nitrogens is 2. The minimum absolute atomic E-state index is 0.163. The predicted octanol–water partition coefficient (Wildman–Crippen LogP) is 0.898. The maximum Gasteiger partial charge on any atom is 0.243 e. The highest BCUT2D eigenvalue weighted by atomic mass is 32.2. The molecule has 110 valence electrons. The Kier molecular flexibility index (Phi) is 4.94. The van der Waals surface area contributed by atoms with Gasteiger partial charge in [-0.15, -0.1) is 0 Å². The molecule has 2 aromatic heterocycles. The number of nitrogens with zero attached hydrogens (tertiary/aromatic N) is 2. The fourth-order valence-corrected chi connectivity index (χ4v) is 2.63. The second-order valence-electron chi connectivity index (χ2n) is 4.23. The molecule has 0 saturated carbocycles. The van der Waals surface area contributed by atoms with E-state index in [0.717, 1.165) is 5.76 Å². The van der Waals surface area contributed by atoms with Crippen molar-refractivity contribution in [1.82, 2.24) is 14.5 Å². The van der Waals surface area contributed by atoms with E-state index in [-0.39, 0.29) is 4.90 Å². The molecular weight excluding hydrogens is 282 g/mol. The molecule has 0 bridgehead atoms. The summed E-state index contributed by atoms with van der Waals surface area (Å²) in [6, 6.07) is 3.62. The summed E-state index contributed by atoms with van der Waals surface area (Å²) in [4.78, 5) is 0.163. The summed E-state index contributed by atoms with van der Waals surface area (Å²) >= 11 is 0. The molecule has 0 atom stereocenters. The fourth-order valence-electron chi connectivity index (χ4n) is 1.57. The van der Waals surface area contributed by atoms with Crippen LogP contribution in [0.3, 0.4) is 0 Å². The smallest absolute Gasteiger partial charge is 0.243 e. The van der Waals surface area contributed by atoms with Gasteiger partial charge in [-0.1, -0.05) is 0 Å². The largest absolute Gasteiger partial charge is 0.467 e. The summed E-state index contributed by atoms with van der Waals surface area (Å²) in [5, 5.41) is 3.83. The lowest BCUT2D eigenvalue weighted by Gasteiger charge is -2.05. The van der Waals surface area contributed by atoms with Gasteiger partial charge in [0.2, 0.25) is 10.0 Å². The lowest BCUT2D eigenvalue weighted by atomic mass is 10.4. The molecule has 0 radical (unpaired) electrons.